The first-order valence-corrected chi connectivity index (χ1v) is 15.9. The summed E-state index contributed by atoms with van der Waals surface area (Å²) in [5, 5.41) is 24.1. The average molecular weight is 620 g/mol. The van der Waals surface area contributed by atoms with Crippen molar-refractivity contribution in [2.45, 2.75) is 24.9 Å². The van der Waals surface area contributed by atoms with Crippen molar-refractivity contribution in [3.63, 3.8) is 0 Å². The van der Waals surface area contributed by atoms with E-state index in [1.54, 1.807) is 38.5 Å². The number of methoxy groups -OCH3 is 2. The van der Waals surface area contributed by atoms with Crippen molar-refractivity contribution in [2.75, 3.05) is 14.2 Å². The van der Waals surface area contributed by atoms with E-state index in [2.05, 4.69) is 78.1 Å². The first-order chi connectivity index (χ1) is 23.1. The molecule has 0 bridgehead atoms. The lowest BCUT2D eigenvalue weighted by Crippen LogP contribution is -2.16. The number of phenolic OH excluding ortho intramolecular Hbond substituents is 2. The molecule has 1 heterocycles. The highest BCUT2D eigenvalue weighted by Crippen LogP contribution is 2.49. The summed E-state index contributed by atoms with van der Waals surface area (Å²) in [5.74, 6) is 1.88. The van der Waals surface area contributed by atoms with Crippen LogP contribution in [0.15, 0.2) is 133 Å². The molecule has 0 aromatic heterocycles. The number of nitrogens with one attached hydrogen (secondary N) is 1. The summed E-state index contributed by atoms with van der Waals surface area (Å²) in [5.41, 5.74) is 11.1. The van der Waals surface area contributed by atoms with Gasteiger partial charge in [0.05, 0.1) is 14.2 Å². The van der Waals surface area contributed by atoms with Crippen LogP contribution in [0.4, 0.5) is 0 Å². The number of rotatable bonds is 8. The van der Waals surface area contributed by atoms with Crippen molar-refractivity contribution < 1.29 is 19.7 Å². The van der Waals surface area contributed by atoms with Gasteiger partial charge in [0.1, 0.15) is 23.0 Å². The van der Waals surface area contributed by atoms with E-state index in [0.717, 1.165) is 67.1 Å². The van der Waals surface area contributed by atoms with Crippen molar-refractivity contribution in [1.29, 1.82) is 0 Å². The second-order valence-electron chi connectivity index (χ2n) is 11.9. The van der Waals surface area contributed by atoms with Crippen molar-refractivity contribution in [3.8, 4) is 34.1 Å². The van der Waals surface area contributed by atoms with Crippen LogP contribution in [-0.2, 0) is 13.1 Å². The molecule has 6 aromatic carbocycles. The van der Waals surface area contributed by atoms with Crippen LogP contribution in [-0.4, -0.2) is 24.4 Å². The predicted molar refractivity (Wildman–Crippen MR) is 187 cm³/mol. The lowest BCUT2D eigenvalue weighted by molar-refractivity contribution is 0.409. The van der Waals surface area contributed by atoms with E-state index in [1.165, 1.54) is 0 Å². The second-order valence-corrected chi connectivity index (χ2v) is 11.9. The molecule has 0 amide bonds. The highest BCUT2D eigenvalue weighted by atomic mass is 16.5. The Morgan fingerprint density at radius 2 is 0.830 bits per heavy atom. The number of aromatic hydroxyl groups is 2. The maximum Gasteiger partial charge on any atom is 0.127 e. The van der Waals surface area contributed by atoms with Crippen molar-refractivity contribution >= 4 is 0 Å². The van der Waals surface area contributed by atoms with E-state index in [1.807, 2.05) is 36.4 Å². The molecule has 0 fully saturated rings. The highest BCUT2D eigenvalue weighted by molar-refractivity contribution is 5.85. The molecule has 0 saturated heterocycles. The van der Waals surface area contributed by atoms with E-state index in [9.17, 15) is 10.2 Å². The molecule has 47 heavy (non-hydrogen) atoms. The topological polar surface area (TPSA) is 71.0 Å². The maximum atomic E-state index is 10.1. The maximum absolute atomic E-state index is 10.1. The highest BCUT2D eigenvalue weighted by Gasteiger charge is 2.31. The Bertz CT molecular complexity index is 1840. The Kier molecular flexibility index (Phi) is 8.38. The lowest BCUT2D eigenvalue weighted by atomic mass is 9.78. The normalized spacial score (nSPS) is 13.5. The van der Waals surface area contributed by atoms with Gasteiger partial charge in [0.25, 0.3) is 0 Å². The summed E-state index contributed by atoms with van der Waals surface area (Å²) < 4.78 is 12.3. The van der Waals surface area contributed by atoms with Gasteiger partial charge in [-0.3, -0.25) is 0 Å². The molecule has 0 spiro atoms. The van der Waals surface area contributed by atoms with Crippen molar-refractivity contribution in [1.82, 2.24) is 5.32 Å². The fourth-order valence-electron chi connectivity index (χ4n) is 7.14. The monoisotopic (exact) mass is 619 g/mol. The van der Waals surface area contributed by atoms with Crippen LogP contribution >= 0.6 is 0 Å². The van der Waals surface area contributed by atoms with Gasteiger partial charge >= 0.3 is 0 Å². The SMILES string of the molecule is COc1ccc(C(c2ccccc2)c2ccc(O)cc2)c2c1-c1c(OC)ccc(C(c3ccccc3)c3ccc(O)cc3)c1CNC2. The Morgan fingerprint density at radius 1 is 0.468 bits per heavy atom. The van der Waals surface area contributed by atoms with Gasteiger partial charge in [0, 0.05) is 36.1 Å². The molecule has 7 rings (SSSR count). The summed E-state index contributed by atoms with van der Waals surface area (Å²) in [6.07, 6.45) is 0. The molecule has 0 saturated carbocycles. The Labute approximate surface area is 275 Å². The first-order valence-electron chi connectivity index (χ1n) is 15.9. The number of ether oxygens (including phenoxy) is 2. The van der Waals surface area contributed by atoms with Gasteiger partial charge in [-0.25, -0.2) is 0 Å². The lowest BCUT2D eigenvalue weighted by Gasteiger charge is -2.27. The van der Waals surface area contributed by atoms with Gasteiger partial charge in [0.2, 0.25) is 0 Å². The van der Waals surface area contributed by atoms with E-state index in [-0.39, 0.29) is 23.3 Å². The van der Waals surface area contributed by atoms with Crippen LogP contribution < -0.4 is 14.8 Å². The Hall–Kier alpha value is -5.52. The third kappa shape index (κ3) is 5.71. The average Bonchev–Trinajstić information content (AvgIpc) is 3.32. The molecule has 2 unspecified atom stereocenters. The molecule has 234 valence electrons. The third-order valence-electron chi connectivity index (χ3n) is 9.26. The van der Waals surface area contributed by atoms with E-state index in [4.69, 9.17) is 9.47 Å². The van der Waals surface area contributed by atoms with Gasteiger partial charge in [-0.05, 0) is 80.9 Å². The molecular formula is C42H37NO4. The van der Waals surface area contributed by atoms with Crippen LogP contribution in [0, 0.1) is 0 Å². The molecule has 6 aromatic rings. The van der Waals surface area contributed by atoms with Gasteiger partial charge < -0.3 is 25.0 Å². The number of phenols is 2. The van der Waals surface area contributed by atoms with Gasteiger partial charge in [-0.15, -0.1) is 0 Å². The molecule has 1 aliphatic rings. The zero-order valence-corrected chi connectivity index (χ0v) is 26.5. The molecule has 3 N–H and O–H groups in total. The van der Waals surface area contributed by atoms with Crippen molar-refractivity contribution in [2.24, 2.45) is 0 Å². The van der Waals surface area contributed by atoms with Gasteiger partial charge in [-0.2, -0.15) is 0 Å². The van der Waals surface area contributed by atoms with Crippen LogP contribution in [0.2, 0.25) is 0 Å². The minimum atomic E-state index is -0.0805. The number of fused-ring (bicyclic) bond motifs is 3. The molecule has 0 radical (unpaired) electrons. The summed E-state index contributed by atoms with van der Waals surface area (Å²) >= 11 is 0. The van der Waals surface area contributed by atoms with E-state index < -0.39 is 0 Å². The standard InChI is InChI=1S/C42H37NO4/c1-46-37-23-21-33(39(27-9-5-3-6-10-27)29-13-17-31(44)18-14-29)35-25-43-26-36-34(22-24-38(47-2)42(36)41(35)37)40(28-11-7-4-8-12-28)30-15-19-32(45)20-16-30/h3-24,39-40,43-45H,25-26H2,1-2H3. The summed E-state index contributed by atoms with van der Waals surface area (Å²) in [6, 6.07) is 44.5. The zero-order valence-electron chi connectivity index (χ0n) is 26.5. The minimum Gasteiger partial charge on any atom is -0.508 e. The van der Waals surface area contributed by atoms with Crippen LogP contribution in [0.3, 0.4) is 0 Å². The van der Waals surface area contributed by atoms with Crippen LogP contribution in [0.1, 0.15) is 56.3 Å². The number of benzene rings is 6. The van der Waals surface area contributed by atoms with Crippen LogP contribution in [0.25, 0.3) is 11.1 Å². The quantitative estimate of drug-likeness (QED) is 0.149. The first kappa shape index (κ1) is 30.2. The number of hydrogen-bond acceptors (Lipinski definition) is 5. The molecular weight excluding hydrogens is 582 g/mol. The molecule has 5 nitrogen and oxygen atoms in total. The van der Waals surface area contributed by atoms with Crippen molar-refractivity contribution in [3.05, 3.63) is 178 Å². The van der Waals surface area contributed by atoms with E-state index >= 15 is 0 Å². The largest absolute Gasteiger partial charge is 0.508 e. The number of hydrogen-bond donors (Lipinski definition) is 3. The van der Waals surface area contributed by atoms with Gasteiger partial charge in [-0.1, -0.05) is 97.1 Å². The van der Waals surface area contributed by atoms with Gasteiger partial charge in [0.15, 0.2) is 0 Å². The predicted octanol–water partition coefficient (Wildman–Crippen LogP) is 8.75. The summed E-state index contributed by atoms with van der Waals surface area (Å²) in [4.78, 5) is 0. The molecule has 5 heteroatoms. The molecule has 0 aliphatic carbocycles. The smallest absolute Gasteiger partial charge is 0.127 e. The Balaban J connectivity index is 1.50. The second kappa shape index (κ2) is 13.1. The minimum absolute atomic E-state index is 0.0805. The molecule has 1 aliphatic heterocycles. The molecule has 2 atom stereocenters. The fourth-order valence-corrected chi connectivity index (χ4v) is 7.14. The Morgan fingerprint density at radius 3 is 1.19 bits per heavy atom. The van der Waals surface area contributed by atoms with Crippen LogP contribution in [0.5, 0.6) is 23.0 Å². The van der Waals surface area contributed by atoms with E-state index in [0.29, 0.717) is 13.1 Å². The third-order valence-corrected chi connectivity index (χ3v) is 9.26. The fraction of sp³-hybridized carbons (Fsp3) is 0.143. The summed E-state index contributed by atoms with van der Waals surface area (Å²) in [7, 11) is 3.45. The zero-order chi connectivity index (χ0) is 32.3. The summed E-state index contributed by atoms with van der Waals surface area (Å²) in [6.45, 7) is 1.24.